The molecule has 0 aliphatic rings. The minimum absolute atomic E-state index is 0.0835. The summed E-state index contributed by atoms with van der Waals surface area (Å²) in [6.07, 6.45) is 1.61. The lowest BCUT2D eigenvalue weighted by Crippen LogP contribution is -2.24. The van der Waals surface area contributed by atoms with Crippen LogP contribution in [0, 0.1) is 0 Å². The Labute approximate surface area is 156 Å². The summed E-state index contributed by atoms with van der Waals surface area (Å²) in [6, 6.07) is 15.3. The summed E-state index contributed by atoms with van der Waals surface area (Å²) in [5.41, 5.74) is 4.55. The van der Waals surface area contributed by atoms with Gasteiger partial charge in [-0.15, -0.1) is 0 Å². The molecule has 132 valence electrons. The topological polar surface area (TPSA) is 53.9 Å². The van der Waals surface area contributed by atoms with Crippen molar-refractivity contribution in [1.82, 2.24) is 5.43 Å². The predicted octanol–water partition coefficient (Wildman–Crippen LogP) is 3.82. The molecule has 0 unspecified atom stereocenters. The maximum absolute atomic E-state index is 11.7. The van der Waals surface area contributed by atoms with Crippen LogP contribution in [0.5, 0.6) is 5.75 Å². The highest BCUT2D eigenvalue weighted by atomic mass is 79.9. The third-order valence-corrected chi connectivity index (χ3v) is 4.14. The monoisotopic (exact) mass is 403 g/mol. The van der Waals surface area contributed by atoms with Crippen molar-refractivity contribution in [1.29, 1.82) is 0 Å². The zero-order valence-corrected chi connectivity index (χ0v) is 16.0. The molecule has 25 heavy (non-hydrogen) atoms. The van der Waals surface area contributed by atoms with Crippen LogP contribution in [0.25, 0.3) is 0 Å². The second-order valence-corrected chi connectivity index (χ2v) is 6.22. The van der Waals surface area contributed by atoms with E-state index in [-0.39, 0.29) is 12.5 Å². The first kappa shape index (κ1) is 19.0. The fourth-order valence-corrected chi connectivity index (χ4v) is 2.52. The van der Waals surface area contributed by atoms with E-state index in [4.69, 9.17) is 4.74 Å². The molecular formula is C19H22BrN3O2. The minimum Gasteiger partial charge on any atom is -0.484 e. The largest absolute Gasteiger partial charge is 0.484 e. The second-order valence-electron chi connectivity index (χ2n) is 5.30. The molecule has 0 spiro atoms. The normalized spacial score (nSPS) is 10.7. The maximum Gasteiger partial charge on any atom is 0.277 e. The van der Waals surface area contributed by atoms with Crippen LogP contribution in [-0.4, -0.2) is 31.8 Å². The van der Waals surface area contributed by atoms with Gasteiger partial charge in [0.25, 0.3) is 5.91 Å². The van der Waals surface area contributed by atoms with E-state index in [1.54, 1.807) is 18.3 Å². The van der Waals surface area contributed by atoms with Gasteiger partial charge in [0.1, 0.15) is 5.75 Å². The number of amides is 1. The van der Waals surface area contributed by atoms with Crippen molar-refractivity contribution in [2.75, 3.05) is 24.6 Å². The first-order chi connectivity index (χ1) is 12.1. The third-order valence-electron chi connectivity index (χ3n) is 3.61. The molecule has 6 heteroatoms. The number of benzene rings is 2. The molecule has 0 fully saturated rings. The molecule has 0 heterocycles. The van der Waals surface area contributed by atoms with Crippen LogP contribution < -0.4 is 15.1 Å². The molecule has 0 aliphatic heterocycles. The van der Waals surface area contributed by atoms with Gasteiger partial charge < -0.3 is 9.64 Å². The zero-order chi connectivity index (χ0) is 18.1. The summed E-state index contributed by atoms with van der Waals surface area (Å²) < 4.78 is 6.34. The van der Waals surface area contributed by atoms with Crippen LogP contribution in [-0.2, 0) is 4.79 Å². The lowest BCUT2D eigenvalue weighted by Gasteiger charge is -2.20. The van der Waals surface area contributed by atoms with Gasteiger partial charge in [-0.25, -0.2) is 5.43 Å². The molecular weight excluding hydrogens is 382 g/mol. The molecule has 0 aliphatic carbocycles. The van der Waals surface area contributed by atoms with Crippen LogP contribution in [0.15, 0.2) is 58.1 Å². The number of halogens is 1. The van der Waals surface area contributed by atoms with Crippen LogP contribution >= 0.6 is 15.9 Å². The molecule has 1 amide bonds. The van der Waals surface area contributed by atoms with Crippen LogP contribution in [0.2, 0.25) is 0 Å². The first-order valence-electron chi connectivity index (χ1n) is 8.17. The van der Waals surface area contributed by atoms with Gasteiger partial charge in [0.15, 0.2) is 6.61 Å². The van der Waals surface area contributed by atoms with Crippen molar-refractivity contribution < 1.29 is 9.53 Å². The number of hydrazone groups is 1. The fraction of sp³-hybridized carbons (Fsp3) is 0.263. The number of hydrogen-bond acceptors (Lipinski definition) is 4. The molecule has 0 aromatic heterocycles. The molecule has 5 nitrogen and oxygen atoms in total. The summed E-state index contributed by atoms with van der Waals surface area (Å²) in [6.45, 7) is 6.12. The Bertz CT molecular complexity index is 696. The second kappa shape index (κ2) is 9.84. The Morgan fingerprint density at radius 2 is 1.76 bits per heavy atom. The summed E-state index contributed by atoms with van der Waals surface area (Å²) in [7, 11) is 0. The Morgan fingerprint density at radius 1 is 1.12 bits per heavy atom. The maximum atomic E-state index is 11.7. The van der Waals surface area contributed by atoms with Gasteiger partial charge in [-0.05, 0) is 55.8 Å². The van der Waals surface area contributed by atoms with Crippen molar-refractivity contribution in [3.05, 3.63) is 58.6 Å². The van der Waals surface area contributed by atoms with Crippen LogP contribution in [0.1, 0.15) is 19.4 Å². The lowest BCUT2D eigenvalue weighted by molar-refractivity contribution is -0.123. The number of nitrogens with one attached hydrogen (secondary N) is 1. The van der Waals surface area contributed by atoms with Gasteiger partial charge >= 0.3 is 0 Å². The van der Waals surface area contributed by atoms with E-state index in [9.17, 15) is 4.79 Å². The number of hydrogen-bond donors (Lipinski definition) is 1. The summed E-state index contributed by atoms with van der Waals surface area (Å²) >= 11 is 3.35. The molecule has 0 radical (unpaired) electrons. The molecule has 2 aromatic rings. The Hall–Kier alpha value is -2.34. The van der Waals surface area contributed by atoms with Crippen molar-refractivity contribution in [3.63, 3.8) is 0 Å². The summed E-state index contributed by atoms with van der Waals surface area (Å²) in [5.74, 6) is 0.327. The van der Waals surface area contributed by atoms with Crippen LogP contribution in [0.4, 0.5) is 5.69 Å². The summed E-state index contributed by atoms with van der Waals surface area (Å²) in [4.78, 5) is 14.0. The molecule has 2 rings (SSSR count). The van der Waals surface area contributed by atoms with E-state index in [0.717, 1.165) is 23.1 Å². The van der Waals surface area contributed by atoms with E-state index >= 15 is 0 Å². The minimum atomic E-state index is -0.307. The Balaban J connectivity index is 1.79. The van der Waals surface area contributed by atoms with Crippen molar-refractivity contribution >= 4 is 33.7 Å². The lowest BCUT2D eigenvalue weighted by atomic mass is 10.2. The fourth-order valence-electron chi connectivity index (χ4n) is 2.25. The van der Waals surface area contributed by atoms with Crippen molar-refractivity contribution in [2.45, 2.75) is 13.8 Å². The summed E-state index contributed by atoms with van der Waals surface area (Å²) in [5, 5.41) is 3.96. The SMILES string of the molecule is CCN(CC)c1ccc(/C=N/NC(=O)COc2ccc(Br)cc2)cc1. The zero-order valence-electron chi connectivity index (χ0n) is 14.4. The average Bonchev–Trinajstić information content (AvgIpc) is 2.63. The number of nitrogens with zero attached hydrogens (tertiary/aromatic N) is 2. The molecule has 0 atom stereocenters. The smallest absolute Gasteiger partial charge is 0.277 e. The number of rotatable bonds is 8. The van der Waals surface area contributed by atoms with Gasteiger partial charge in [0.05, 0.1) is 6.21 Å². The Kier molecular flexibility index (Phi) is 7.47. The quantitative estimate of drug-likeness (QED) is 0.538. The highest BCUT2D eigenvalue weighted by molar-refractivity contribution is 9.10. The van der Waals surface area contributed by atoms with Gasteiger partial charge in [0.2, 0.25) is 0 Å². The average molecular weight is 404 g/mol. The number of ether oxygens (including phenoxy) is 1. The number of anilines is 1. The van der Waals surface area contributed by atoms with Crippen molar-refractivity contribution in [2.24, 2.45) is 5.10 Å². The van der Waals surface area contributed by atoms with Gasteiger partial charge in [-0.3, -0.25) is 4.79 Å². The van der Waals surface area contributed by atoms with Gasteiger partial charge in [-0.2, -0.15) is 5.10 Å². The molecule has 1 N–H and O–H groups in total. The Morgan fingerprint density at radius 3 is 2.36 bits per heavy atom. The van der Waals surface area contributed by atoms with Gasteiger partial charge in [-0.1, -0.05) is 28.1 Å². The standard InChI is InChI=1S/C19H22BrN3O2/c1-3-23(4-2)17-9-5-15(6-10-17)13-21-22-19(24)14-25-18-11-7-16(20)8-12-18/h5-13H,3-4,14H2,1-2H3,(H,22,24)/b21-13+. The van der Waals surface area contributed by atoms with Gasteiger partial charge in [0, 0.05) is 23.2 Å². The number of carbonyl (C=O) groups excluding carboxylic acids is 1. The molecule has 0 saturated carbocycles. The third kappa shape index (κ3) is 6.23. The number of carbonyl (C=O) groups is 1. The van der Waals surface area contributed by atoms with Crippen LogP contribution in [0.3, 0.4) is 0 Å². The van der Waals surface area contributed by atoms with Crippen molar-refractivity contribution in [3.8, 4) is 5.75 Å². The van der Waals surface area contributed by atoms with E-state index in [1.165, 1.54) is 5.69 Å². The highest BCUT2D eigenvalue weighted by Crippen LogP contribution is 2.16. The molecule has 0 bridgehead atoms. The van der Waals surface area contributed by atoms with E-state index < -0.39 is 0 Å². The molecule has 0 saturated heterocycles. The predicted molar refractivity (Wildman–Crippen MR) is 105 cm³/mol. The first-order valence-corrected chi connectivity index (χ1v) is 8.97. The van der Waals surface area contributed by atoms with E-state index in [0.29, 0.717) is 5.75 Å². The highest BCUT2D eigenvalue weighted by Gasteiger charge is 2.02. The van der Waals surface area contributed by atoms with E-state index in [1.807, 2.05) is 36.4 Å². The van der Waals surface area contributed by atoms with E-state index in [2.05, 4.69) is 45.2 Å². The molecule has 2 aromatic carbocycles.